The fourth-order valence-corrected chi connectivity index (χ4v) is 2.99. The SMILES string of the molecule is O=S1(=O)CCCN(Cc2cccnc2)CCN1. The third-order valence-corrected chi connectivity index (χ3v) is 4.24. The van der Waals surface area contributed by atoms with Gasteiger partial charge in [-0.25, -0.2) is 13.1 Å². The summed E-state index contributed by atoms with van der Waals surface area (Å²) in [7, 11) is -3.03. The van der Waals surface area contributed by atoms with Gasteiger partial charge in [0.25, 0.3) is 0 Å². The third kappa shape index (κ3) is 4.07. The first kappa shape index (κ1) is 12.5. The summed E-state index contributed by atoms with van der Waals surface area (Å²) >= 11 is 0. The molecular weight excluding hydrogens is 238 g/mol. The topological polar surface area (TPSA) is 62.3 Å². The molecule has 94 valence electrons. The van der Waals surface area contributed by atoms with Crippen molar-refractivity contribution in [2.45, 2.75) is 13.0 Å². The van der Waals surface area contributed by atoms with Crippen LogP contribution in [0.1, 0.15) is 12.0 Å². The Morgan fingerprint density at radius 2 is 2.29 bits per heavy atom. The second kappa shape index (κ2) is 5.57. The Bertz CT molecular complexity index is 431. The Kier molecular flexibility index (Phi) is 4.09. The molecule has 1 aromatic rings. The monoisotopic (exact) mass is 255 g/mol. The van der Waals surface area contributed by atoms with Gasteiger partial charge in [-0.3, -0.25) is 9.88 Å². The maximum atomic E-state index is 11.3. The lowest BCUT2D eigenvalue weighted by Crippen LogP contribution is -2.40. The van der Waals surface area contributed by atoms with Crippen LogP contribution < -0.4 is 4.72 Å². The average Bonchev–Trinajstić information content (AvgIpc) is 2.27. The second-order valence-corrected chi connectivity index (χ2v) is 6.13. The van der Waals surface area contributed by atoms with Gasteiger partial charge in [0.1, 0.15) is 0 Å². The molecule has 0 aliphatic carbocycles. The van der Waals surface area contributed by atoms with E-state index in [-0.39, 0.29) is 5.75 Å². The van der Waals surface area contributed by atoms with Gasteiger partial charge >= 0.3 is 0 Å². The number of aromatic nitrogens is 1. The van der Waals surface area contributed by atoms with E-state index in [2.05, 4.69) is 14.6 Å². The number of hydrogen-bond acceptors (Lipinski definition) is 4. The molecule has 2 rings (SSSR count). The van der Waals surface area contributed by atoms with Gasteiger partial charge in [0.15, 0.2) is 0 Å². The Morgan fingerprint density at radius 1 is 1.41 bits per heavy atom. The van der Waals surface area contributed by atoms with Crippen LogP contribution in [0, 0.1) is 0 Å². The number of nitrogens with zero attached hydrogens (tertiary/aromatic N) is 2. The molecule has 1 N–H and O–H groups in total. The number of rotatable bonds is 2. The zero-order valence-corrected chi connectivity index (χ0v) is 10.5. The maximum Gasteiger partial charge on any atom is 0.211 e. The van der Waals surface area contributed by atoms with Crippen LogP contribution in [-0.2, 0) is 16.6 Å². The van der Waals surface area contributed by atoms with E-state index in [1.807, 2.05) is 18.3 Å². The highest BCUT2D eigenvalue weighted by Crippen LogP contribution is 2.05. The largest absolute Gasteiger partial charge is 0.298 e. The van der Waals surface area contributed by atoms with Crippen molar-refractivity contribution < 1.29 is 8.42 Å². The van der Waals surface area contributed by atoms with Crippen LogP contribution in [0.25, 0.3) is 0 Å². The summed E-state index contributed by atoms with van der Waals surface area (Å²) in [6, 6.07) is 3.96. The predicted molar refractivity (Wildman–Crippen MR) is 65.9 cm³/mol. The molecular formula is C11H17N3O2S. The van der Waals surface area contributed by atoms with Crippen LogP contribution in [0.15, 0.2) is 24.5 Å². The molecule has 6 heteroatoms. The van der Waals surface area contributed by atoms with Crippen LogP contribution in [0.3, 0.4) is 0 Å². The molecule has 0 radical (unpaired) electrons. The summed E-state index contributed by atoms with van der Waals surface area (Å²) in [5, 5.41) is 0. The Hall–Kier alpha value is -0.980. The van der Waals surface area contributed by atoms with Gasteiger partial charge in [-0.05, 0) is 24.6 Å². The first-order valence-corrected chi connectivity index (χ1v) is 7.39. The van der Waals surface area contributed by atoms with E-state index in [1.165, 1.54) is 0 Å². The molecule has 0 spiro atoms. The van der Waals surface area contributed by atoms with E-state index < -0.39 is 10.0 Å². The fraction of sp³-hybridized carbons (Fsp3) is 0.545. The van der Waals surface area contributed by atoms with Crippen LogP contribution >= 0.6 is 0 Å². The molecule has 1 aromatic heterocycles. The maximum absolute atomic E-state index is 11.3. The summed E-state index contributed by atoms with van der Waals surface area (Å²) in [5.74, 6) is 0.219. The van der Waals surface area contributed by atoms with Crippen LogP contribution in [-0.4, -0.2) is 43.7 Å². The highest BCUT2D eigenvalue weighted by molar-refractivity contribution is 7.89. The molecule has 5 nitrogen and oxygen atoms in total. The fourth-order valence-electron chi connectivity index (χ4n) is 1.93. The summed E-state index contributed by atoms with van der Waals surface area (Å²) in [6.07, 6.45) is 4.28. The van der Waals surface area contributed by atoms with Gasteiger partial charge in [0.05, 0.1) is 5.75 Å². The number of nitrogens with one attached hydrogen (secondary N) is 1. The number of sulfonamides is 1. The zero-order valence-electron chi connectivity index (χ0n) is 9.67. The van der Waals surface area contributed by atoms with Crippen molar-refractivity contribution in [3.05, 3.63) is 30.1 Å². The minimum absolute atomic E-state index is 0.219. The van der Waals surface area contributed by atoms with Crippen molar-refractivity contribution in [1.29, 1.82) is 0 Å². The van der Waals surface area contributed by atoms with Gasteiger partial charge in [-0.15, -0.1) is 0 Å². The molecule has 0 amide bonds. The molecule has 0 saturated carbocycles. The zero-order chi connectivity index (χ0) is 12.1. The Labute approximate surface area is 102 Å². The van der Waals surface area contributed by atoms with E-state index >= 15 is 0 Å². The first-order valence-electron chi connectivity index (χ1n) is 5.74. The third-order valence-electron chi connectivity index (χ3n) is 2.77. The highest BCUT2D eigenvalue weighted by Gasteiger charge is 2.15. The normalized spacial score (nSPS) is 21.6. The molecule has 1 fully saturated rings. The molecule has 1 aliphatic rings. The summed E-state index contributed by atoms with van der Waals surface area (Å²) in [4.78, 5) is 6.33. The molecule has 17 heavy (non-hydrogen) atoms. The minimum Gasteiger partial charge on any atom is -0.298 e. The van der Waals surface area contributed by atoms with E-state index in [0.29, 0.717) is 13.0 Å². The lowest BCUT2D eigenvalue weighted by molar-refractivity contribution is 0.267. The molecule has 1 saturated heterocycles. The van der Waals surface area contributed by atoms with Gasteiger partial charge < -0.3 is 0 Å². The lowest BCUT2D eigenvalue weighted by atomic mass is 10.2. The Morgan fingerprint density at radius 3 is 3.06 bits per heavy atom. The standard InChI is InChI=1S/C11H17N3O2S/c15-17(16)8-2-6-14(7-5-13-17)10-11-3-1-4-12-9-11/h1,3-4,9,13H,2,5-8,10H2. The summed E-state index contributed by atoms with van der Waals surface area (Å²) < 4.78 is 25.3. The molecule has 0 unspecified atom stereocenters. The molecule has 0 atom stereocenters. The van der Waals surface area contributed by atoms with E-state index in [1.54, 1.807) is 6.20 Å². The second-order valence-electron chi connectivity index (χ2n) is 4.20. The summed E-state index contributed by atoms with van der Waals surface area (Å²) in [6.45, 7) is 2.88. The van der Waals surface area contributed by atoms with Crippen LogP contribution in [0.2, 0.25) is 0 Å². The van der Waals surface area contributed by atoms with Crippen LogP contribution in [0.4, 0.5) is 0 Å². The molecule has 0 aromatic carbocycles. The van der Waals surface area contributed by atoms with Crippen molar-refractivity contribution in [3.63, 3.8) is 0 Å². The van der Waals surface area contributed by atoms with Crippen molar-refractivity contribution in [3.8, 4) is 0 Å². The summed E-state index contributed by atoms with van der Waals surface area (Å²) in [5.41, 5.74) is 1.16. The average molecular weight is 255 g/mol. The first-order chi connectivity index (χ1) is 8.16. The lowest BCUT2D eigenvalue weighted by Gasteiger charge is -2.24. The van der Waals surface area contributed by atoms with Gasteiger partial charge in [0, 0.05) is 32.0 Å². The van der Waals surface area contributed by atoms with E-state index in [9.17, 15) is 8.42 Å². The van der Waals surface area contributed by atoms with Crippen molar-refractivity contribution in [2.75, 3.05) is 25.4 Å². The van der Waals surface area contributed by atoms with Gasteiger partial charge in [-0.1, -0.05) is 6.07 Å². The van der Waals surface area contributed by atoms with Crippen molar-refractivity contribution in [1.82, 2.24) is 14.6 Å². The smallest absolute Gasteiger partial charge is 0.211 e. The molecule has 2 heterocycles. The van der Waals surface area contributed by atoms with Crippen LogP contribution in [0.5, 0.6) is 0 Å². The number of hydrogen-bond donors (Lipinski definition) is 1. The predicted octanol–water partition coefficient (Wildman–Crippen LogP) is 0.207. The highest BCUT2D eigenvalue weighted by atomic mass is 32.2. The van der Waals surface area contributed by atoms with Gasteiger partial charge in [-0.2, -0.15) is 0 Å². The van der Waals surface area contributed by atoms with Crippen molar-refractivity contribution >= 4 is 10.0 Å². The Balaban J connectivity index is 1.91. The minimum atomic E-state index is -3.03. The van der Waals surface area contributed by atoms with E-state index in [4.69, 9.17) is 0 Å². The number of pyridine rings is 1. The molecule has 1 aliphatic heterocycles. The quantitative estimate of drug-likeness (QED) is 0.820. The van der Waals surface area contributed by atoms with Gasteiger partial charge in [0.2, 0.25) is 10.0 Å². The van der Waals surface area contributed by atoms with E-state index in [0.717, 1.165) is 25.2 Å². The molecule has 0 bridgehead atoms. The van der Waals surface area contributed by atoms with Crippen molar-refractivity contribution in [2.24, 2.45) is 0 Å².